The molecule has 4 rings (SSSR count). The molecule has 0 saturated heterocycles. The van der Waals surface area contributed by atoms with Crippen LogP contribution in [0, 0.1) is 11.6 Å². The van der Waals surface area contributed by atoms with Gasteiger partial charge in [-0.1, -0.05) is 42.5 Å². The van der Waals surface area contributed by atoms with Crippen molar-refractivity contribution in [2.24, 2.45) is 0 Å². The molecule has 0 N–H and O–H groups in total. The molecule has 1 atom stereocenters. The van der Waals surface area contributed by atoms with Gasteiger partial charge in [-0.2, -0.15) is 0 Å². The lowest BCUT2D eigenvalue weighted by atomic mass is 9.93. The van der Waals surface area contributed by atoms with Gasteiger partial charge in [0.15, 0.2) is 0 Å². The molecule has 1 heterocycles. The summed E-state index contributed by atoms with van der Waals surface area (Å²) in [4.78, 5) is 14.8. The van der Waals surface area contributed by atoms with Crippen molar-refractivity contribution in [2.45, 2.75) is 18.9 Å². The number of amides is 1. The third-order valence-corrected chi connectivity index (χ3v) is 4.75. The second kappa shape index (κ2) is 6.71. The minimum Gasteiger partial charge on any atom is -0.307 e. The van der Waals surface area contributed by atoms with Crippen LogP contribution in [0.15, 0.2) is 72.8 Å². The van der Waals surface area contributed by atoms with Gasteiger partial charge < -0.3 is 4.90 Å². The van der Waals surface area contributed by atoms with Crippen molar-refractivity contribution in [1.29, 1.82) is 0 Å². The van der Waals surface area contributed by atoms with Gasteiger partial charge >= 0.3 is 0 Å². The first-order chi connectivity index (χ1) is 12.6. The topological polar surface area (TPSA) is 20.3 Å². The van der Waals surface area contributed by atoms with Crippen LogP contribution in [-0.4, -0.2) is 5.91 Å². The van der Waals surface area contributed by atoms with E-state index in [0.717, 1.165) is 22.4 Å². The molecule has 1 aliphatic rings. The highest BCUT2D eigenvalue weighted by Gasteiger charge is 2.36. The van der Waals surface area contributed by atoms with E-state index in [-0.39, 0.29) is 23.5 Å². The number of halogens is 2. The fraction of sp³-hybridized carbons (Fsp3) is 0.136. The first-order valence-corrected chi connectivity index (χ1v) is 8.51. The van der Waals surface area contributed by atoms with Gasteiger partial charge in [0.2, 0.25) is 5.91 Å². The predicted octanol–water partition coefficient (Wildman–Crippen LogP) is 4.84. The normalized spacial score (nSPS) is 16.0. The summed E-state index contributed by atoms with van der Waals surface area (Å²) in [6.07, 6.45) is 0.452. The number of benzene rings is 3. The van der Waals surface area contributed by atoms with Gasteiger partial charge in [0.25, 0.3) is 0 Å². The maximum absolute atomic E-state index is 13.5. The molecule has 1 unspecified atom stereocenters. The summed E-state index contributed by atoms with van der Waals surface area (Å²) in [6.45, 7) is 0.385. The number of hydrogen-bond acceptors (Lipinski definition) is 1. The second-order valence-corrected chi connectivity index (χ2v) is 6.50. The monoisotopic (exact) mass is 349 g/mol. The smallest absolute Gasteiger partial charge is 0.235 e. The third-order valence-electron chi connectivity index (χ3n) is 4.75. The van der Waals surface area contributed by atoms with Gasteiger partial charge in [-0.15, -0.1) is 0 Å². The van der Waals surface area contributed by atoms with E-state index < -0.39 is 0 Å². The summed E-state index contributed by atoms with van der Waals surface area (Å²) >= 11 is 0. The minimum absolute atomic E-state index is 0.0141. The van der Waals surface area contributed by atoms with Gasteiger partial charge in [0.05, 0.1) is 12.5 Å². The van der Waals surface area contributed by atoms with Gasteiger partial charge in [0.1, 0.15) is 11.6 Å². The molecular formula is C22H17F2NO. The van der Waals surface area contributed by atoms with Crippen LogP contribution in [0.2, 0.25) is 0 Å². The molecule has 0 saturated carbocycles. The van der Waals surface area contributed by atoms with Crippen molar-refractivity contribution in [1.82, 2.24) is 0 Å². The lowest BCUT2D eigenvalue weighted by Crippen LogP contribution is -2.29. The number of carbonyl (C=O) groups excluding carboxylic acids is 1. The average Bonchev–Trinajstić information content (AvgIpc) is 2.90. The quantitative estimate of drug-likeness (QED) is 0.660. The highest BCUT2D eigenvalue weighted by atomic mass is 19.1. The number of carbonyl (C=O) groups is 1. The summed E-state index contributed by atoms with van der Waals surface area (Å²) in [7, 11) is 0. The number of rotatable bonds is 4. The molecular weight excluding hydrogens is 332 g/mol. The number of fused-ring (bicyclic) bond motifs is 1. The molecule has 2 nitrogen and oxygen atoms in total. The third kappa shape index (κ3) is 3.10. The van der Waals surface area contributed by atoms with Crippen LogP contribution in [0.4, 0.5) is 14.5 Å². The molecule has 1 aliphatic heterocycles. The van der Waals surface area contributed by atoms with Gasteiger partial charge in [-0.25, -0.2) is 8.78 Å². The SMILES string of the molecule is O=C1C(Cc2cccc(F)c2)c2ccccc2N1Cc1ccc(F)cc1. The number of anilines is 1. The Balaban J connectivity index is 1.65. The molecule has 26 heavy (non-hydrogen) atoms. The van der Waals surface area contributed by atoms with Crippen LogP contribution in [0.1, 0.15) is 22.6 Å². The fourth-order valence-corrected chi connectivity index (χ4v) is 3.50. The first kappa shape index (κ1) is 16.5. The molecule has 0 spiro atoms. The summed E-state index contributed by atoms with van der Waals surface area (Å²) in [5, 5.41) is 0. The van der Waals surface area contributed by atoms with E-state index in [2.05, 4.69) is 0 Å². The Labute approximate surface area is 150 Å². The maximum atomic E-state index is 13.5. The van der Waals surface area contributed by atoms with Crippen LogP contribution in [0.5, 0.6) is 0 Å². The number of hydrogen-bond donors (Lipinski definition) is 0. The highest BCUT2D eigenvalue weighted by molar-refractivity contribution is 6.05. The summed E-state index contributed by atoms with van der Waals surface area (Å²) in [5.74, 6) is -0.955. The molecule has 0 bridgehead atoms. The Morgan fingerprint density at radius 1 is 0.808 bits per heavy atom. The zero-order valence-electron chi connectivity index (χ0n) is 14.0. The zero-order valence-corrected chi connectivity index (χ0v) is 14.0. The van der Waals surface area contributed by atoms with E-state index in [1.807, 2.05) is 30.3 Å². The second-order valence-electron chi connectivity index (χ2n) is 6.50. The van der Waals surface area contributed by atoms with Crippen LogP contribution in [0.3, 0.4) is 0 Å². The van der Waals surface area contributed by atoms with Crippen molar-refractivity contribution in [3.63, 3.8) is 0 Å². The molecule has 130 valence electrons. The Hall–Kier alpha value is -3.01. The van der Waals surface area contributed by atoms with E-state index in [1.165, 1.54) is 24.3 Å². The van der Waals surface area contributed by atoms with Crippen molar-refractivity contribution >= 4 is 11.6 Å². The number of para-hydroxylation sites is 1. The van der Waals surface area contributed by atoms with E-state index in [1.54, 1.807) is 23.1 Å². The van der Waals surface area contributed by atoms with Crippen LogP contribution in [-0.2, 0) is 17.8 Å². The minimum atomic E-state index is -0.339. The van der Waals surface area contributed by atoms with Crippen molar-refractivity contribution in [3.05, 3.63) is 101 Å². The molecule has 3 aromatic rings. The van der Waals surface area contributed by atoms with Crippen LogP contribution in [0.25, 0.3) is 0 Å². The Kier molecular flexibility index (Phi) is 4.25. The lowest BCUT2D eigenvalue weighted by Gasteiger charge is -2.18. The van der Waals surface area contributed by atoms with Crippen LogP contribution < -0.4 is 4.90 Å². The predicted molar refractivity (Wildman–Crippen MR) is 96.9 cm³/mol. The fourth-order valence-electron chi connectivity index (χ4n) is 3.50. The Morgan fingerprint density at radius 3 is 2.35 bits per heavy atom. The van der Waals surface area contributed by atoms with Crippen molar-refractivity contribution in [3.8, 4) is 0 Å². The molecule has 0 aromatic heterocycles. The van der Waals surface area contributed by atoms with E-state index in [4.69, 9.17) is 0 Å². The Bertz CT molecular complexity index is 952. The van der Waals surface area contributed by atoms with Crippen molar-refractivity contribution in [2.75, 3.05) is 4.90 Å². The van der Waals surface area contributed by atoms with Crippen molar-refractivity contribution < 1.29 is 13.6 Å². The van der Waals surface area contributed by atoms with Gasteiger partial charge in [-0.3, -0.25) is 4.79 Å². The Morgan fingerprint density at radius 2 is 1.58 bits per heavy atom. The lowest BCUT2D eigenvalue weighted by molar-refractivity contribution is -0.119. The average molecular weight is 349 g/mol. The zero-order chi connectivity index (χ0) is 18.1. The van der Waals surface area contributed by atoms with Crippen LogP contribution >= 0.6 is 0 Å². The van der Waals surface area contributed by atoms with Gasteiger partial charge in [-0.05, 0) is 53.4 Å². The standard InChI is InChI=1S/C22H17F2NO/c23-17-10-8-15(9-11-17)14-25-21-7-2-1-6-19(21)20(22(25)26)13-16-4-3-5-18(24)12-16/h1-12,20H,13-14H2. The number of nitrogens with zero attached hydrogens (tertiary/aromatic N) is 1. The molecule has 0 fully saturated rings. The molecule has 4 heteroatoms. The molecule has 3 aromatic carbocycles. The van der Waals surface area contributed by atoms with E-state index in [0.29, 0.717) is 13.0 Å². The maximum Gasteiger partial charge on any atom is 0.235 e. The molecule has 1 amide bonds. The van der Waals surface area contributed by atoms with Gasteiger partial charge in [0, 0.05) is 5.69 Å². The molecule has 0 radical (unpaired) electrons. The largest absolute Gasteiger partial charge is 0.307 e. The summed E-state index contributed by atoms with van der Waals surface area (Å²) < 4.78 is 26.6. The first-order valence-electron chi connectivity index (χ1n) is 8.51. The molecule has 0 aliphatic carbocycles. The van der Waals surface area contributed by atoms with E-state index in [9.17, 15) is 13.6 Å². The van der Waals surface area contributed by atoms with E-state index >= 15 is 0 Å². The summed E-state index contributed by atoms with van der Waals surface area (Å²) in [5.41, 5.74) is 3.47. The summed E-state index contributed by atoms with van der Waals surface area (Å²) in [6, 6.07) is 20.2. The highest BCUT2D eigenvalue weighted by Crippen LogP contribution is 2.39.